The van der Waals surface area contributed by atoms with Gasteiger partial charge in [-0.25, -0.2) is 4.79 Å². The monoisotopic (exact) mass is 304 g/mol. The minimum absolute atomic E-state index is 0.0927. The van der Waals surface area contributed by atoms with E-state index in [0.717, 1.165) is 10.5 Å². The Balaban J connectivity index is 2.04. The van der Waals surface area contributed by atoms with Gasteiger partial charge in [0, 0.05) is 4.90 Å². The zero-order valence-electron chi connectivity index (χ0n) is 11.8. The van der Waals surface area contributed by atoms with Gasteiger partial charge in [0.25, 0.3) is 0 Å². The van der Waals surface area contributed by atoms with Crippen LogP contribution in [0.4, 0.5) is 0 Å². The molecule has 0 aliphatic heterocycles. The van der Waals surface area contributed by atoms with E-state index in [2.05, 4.69) is 0 Å². The number of benzene rings is 2. The molecule has 0 spiro atoms. The molecule has 0 bridgehead atoms. The van der Waals surface area contributed by atoms with Crippen LogP contribution in [-0.4, -0.2) is 24.4 Å². The van der Waals surface area contributed by atoms with Crippen LogP contribution in [0.2, 0.25) is 0 Å². The lowest BCUT2D eigenvalue weighted by Gasteiger charge is -2.08. The number of ether oxygens (including phenoxy) is 2. The molecule has 0 aliphatic carbocycles. The average molecular weight is 304 g/mol. The highest BCUT2D eigenvalue weighted by molar-refractivity contribution is 7.98. The zero-order valence-corrected chi connectivity index (χ0v) is 12.6. The van der Waals surface area contributed by atoms with Crippen molar-refractivity contribution in [2.45, 2.75) is 11.5 Å². The van der Waals surface area contributed by atoms with Crippen LogP contribution in [-0.2, 0) is 11.3 Å². The number of methoxy groups -OCH3 is 1. The molecule has 0 saturated heterocycles. The summed E-state index contributed by atoms with van der Waals surface area (Å²) in [4.78, 5) is 13.1. The minimum atomic E-state index is -0.583. The van der Waals surface area contributed by atoms with Crippen LogP contribution >= 0.6 is 11.8 Å². The lowest BCUT2D eigenvalue weighted by atomic mass is 10.2. The summed E-state index contributed by atoms with van der Waals surface area (Å²) < 4.78 is 10.2. The van der Waals surface area contributed by atoms with Gasteiger partial charge in [0.05, 0.1) is 7.11 Å². The molecule has 2 rings (SSSR count). The van der Waals surface area contributed by atoms with E-state index in [1.54, 1.807) is 17.8 Å². The van der Waals surface area contributed by atoms with Crippen molar-refractivity contribution in [3.05, 3.63) is 53.6 Å². The van der Waals surface area contributed by atoms with E-state index >= 15 is 0 Å². The fourth-order valence-electron chi connectivity index (χ4n) is 1.75. The molecule has 0 heterocycles. The molecule has 0 fully saturated rings. The number of thioether (sulfide) groups is 1. The number of aromatic hydroxyl groups is 1. The number of carbonyl (C=O) groups is 1. The lowest BCUT2D eigenvalue weighted by molar-refractivity contribution is 0.0469. The molecule has 2 aromatic rings. The van der Waals surface area contributed by atoms with E-state index in [4.69, 9.17) is 9.47 Å². The standard InChI is InChI=1S/C16H16O4S/c1-19-12-5-8-15(17)14(9-12)16(18)20-10-11-3-6-13(21-2)7-4-11/h3-9,17H,10H2,1-2H3. The fraction of sp³-hybridized carbons (Fsp3) is 0.188. The van der Waals surface area contributed by atoms with Crippen molar-refractivity contribution in [1.82, 2.24) is 0 Å². The van der Waals surface area contributed by atoms with Gasteiger partial charge < -0.3 is 14.6 Å². The van der Waals surface area contributed by atoms with Gasteiger partial charge >= 0.3 is 5.97 Å². The van der Waals surface area contributed by atoms with E-state index in [1.807, 2.05) is 30.5 Å². The van der Waals surface area contributed by atoms with Crippen LogP contribution in [0.5, 0.6) is 11.5 Å². The summed E-state index contributed by atoms with van der Waals surface area (Å²) in [6, 6.07) is 12.2. The van der Waals surface area contributed by atoms with Crippen LogP contribution < -0.4 is 4.74 Å². The Morgan fingerprint density at radius 3 is 2.52 bits per heavy atom. The third-order valence-corrected chi connectivity index (χ3v) is 3.70. The summed E-state index contributed by atoms with van der Waals surface area (Å²) in [7, 11) is 1.49. The summed E-state index contributed by atoms with van der Waals surface area (Å²) in [6.07, 6.45) is 2.00. The molecule has 0 unspecified atom stereocenters. The lowest BCUT2D eigenvalue weighted by Crippen LogP contribution is -2.06. The first-order valence-electron chi connectivity index (χ1n) is 6.31. The maximum absolute atomic E-state index is 12.0. The van der Waals surface area contributed by atoms with Gasteiger partial charge in [-0.2, -0.15) is 0 Å². The van der Waals surface area contributed by atoms with Gasteiger partial charge in [0.1, 0.15) is 23.7 Å². The molecule has 110 valence electrons. The smallest absolute Gasteiger partial charge is 0.342 e. The summed E-state index contributed by atoms with van der Waals surface area (Å²) in [5.74, 6) is -0.219. The minimum Gasteiger partial charge on any atom is -0.507 e. The quantitative estimate of drug-likeness (QED) is 0.677. The Hall–Kier alpha value is -2.14. The Morgan fingerprint density at radius 1 is 1.19 bits per heavy atom. The summed E-state index contributed by atoms with van der Waals surface area (Å²) >= 11 is 1.65. The van der Waals surface area contributed by atoms with Gasteiger partial charge in [-0.1, -0.05) is 12.1 Å². The molecular formula is C16H16O4S. The van der Waals surface area contributed by atoms with Gasteiger partial charge in [0.15, 0.2) is 0 Å². The van der Waals surface area contributed by atoms with E-state index in [-0.39, 0.29) is 17.9 Å². The number of phenolic OH excluding ortho intramolecular Hbond substituents is 1. The highest BCUT2D eigenvalue weighted by atomic mass is 32.2. The van der Waals surface area contributed by atoms with Crippen LogP contribution in [0, 0.1) is 0 Å². The van der Waals surface area contributed by atoms with Crippen LogP contribution in [0.15, 0.2) is 47.4 Å². The number of esters is 1. The summed E-state index contributed by atoms with van der Waals surface area (Å²) in [5, 5.41) is 9.71. The Bertz CT molecular complexity index is 623. The highest BCUT2D eigenvalue weighted by Gasteiger charge is 2.14. The second kappa shape index (κ2) is 7.04. The number of hydrogen-bond donors (Lipinski definition) is 1. The first-order valence-corrected chi connectivity index (χ1v) is 7.53. The van der Waals surface area contributed by atoms with E-state index in [9.17, 15) is 9.90 Å². The van der Waals surface area contributed by atoms with Gasteiger partial charge in [-0.3, -0.25) is 0 Å². The second-order valence-electron chi connectivity index (χ2n) is 4.31. The maximum atomic E-state index is 12.0. The number of carbonyl (C=O) groups excluding carboxylic acids is 1. The SMILES string of the molecule is COc1ccc(O)c(C(=O)OCc2ccc(SC)cc2)c1. The predicted molar refractivity (Wildman–Crippen MR) is 82.0 cm³/mol. The van der Waals surface area contributed by atoms with Gasteiger partial charge in [-0.05, 0) is 42.2 Å². The summed E-state index contributed by atoms with van der Waals surface area (Å²) in [6.45, 7) is 0.157. The van der Waals surface area contributed by atoms with Crippen molar-refractivity contribution in [3.63, 3.8) is 0 Å². The Kier molecular flexibility index (Phi) is 5.11. The van der Waals surface area contributed by atoms with Gasteiger partial charge in [0.2, 0.25) is 0 Å². The number of hydrogen-bond acceptors (Lipinski definition) is 5. The van der Waals surface area contributed by atoms with E-state index in [1.165, 1.54) is 19.2 Å². The van der Waals surface area contributed by atoms with Gasteiger partial charge in [-0.15, -0.1) is 11.8 Å². The van der Waals surface area contributed by atoms with Crippen molar-refractivity contribution in [3.8, 4) is 11.5 Å². The Labute approximate surface area is 127 Å². The van der Waals surface area contributed by atoms with Crippen molar-refractivity contribution < 1.29 is 19.4 Å². The van der Waals surface area contributed by atoms with Crippen LogP contribution in [0.25, 0.3) is 0 Å². The number of phenols is 1. The molecule has 0 amide bonds. The second-order valence-corrected chi connectivity index (χ2v) is 5.19. The molecular weight excluding hydrogens is 288 g/mol. The van der Waals surface area contributed by atoms with E-state index < -0.39 is 5.97 Å². The molecule has 21 heavy (non-hydrogen) atoms. The molecule has 0 aliphatic rings. The normalized spacial score (nSPS) is 10.2. The molecule has 4 nitrogen and oxygen atoms in total. The molecule has 0 aromatic heterocycles. The fourth-order valence-corrected chi connectivity index (χ4v) is 2.16. The molecule has 1 N–H and O–H groups in total. The van der Waals surface area contributed by atoms with Crippen LogP contribution in [0.3, 0.4) is 0 Å². The molecule has 0 atom stereocenters. The zero-order chi connectivity index (χ0) is 15.2. The average Bonchev–Trinajstić information content (AvgIpc) is 2.53. The molecule has 0 radical (unpaired) electrons. The molecule has 5 heteroatoms. The Morgan fingerprint density at radius 2 is 1.90 bits per heavy atom. The topological polar surface area (TPSA) is 55.8 Å². The third kappa shape index (κ3) is 3.92. The van der Waals surface area contributed by atoms with E-state index in [0.29, 0.717) is 5.75 Å². The first kappa shape index (κ1) is 15.3. The first-order chi connectivity index (χ1) is 10.1. The molecule has 2 aromatic carbocycles. The molecule has 0 saturated carbocycles. The van der Waals surface area contributed by atoms with Crippen molar-refractivity contribution in [2.75, 3.05) is 13.4 Å². The van der Waals surface area contributed by atoms with Crippen molar-refractivity contribution in [2.24, 2.45) is 0 Å². The maximum Gasteiger partial charge on any atom is 0.342 e. The third-order valence-electron chi connectivity index (χ3n) is 2.95. The van der Waals surface area contributed by atoms with Crippen molar-refractivity contribution in [1.29, 1.82) is 0 Å². The highest BCUT2D eigenvalue weighted by Crippen LogP contribution is 2.24. The predicted octanol–water partition coefficient (Wildman–Crippen LogP) is 3.48. The summed E-state index contributed by atoms with van der Waals surface area (Å²) in [5.41, 5.74) is 0.985. The van der Waals surface area contributed by atoms with Crippen molar-refractivity contribution >= 4 is 17.7 Å². The largest absolute Gasteiger partial charge is 0.507 e. The number of rotatable bonds is 5. The van der Waals surface area contributed by atoms with Crippen LogP contribution in [0.1, 0.15) is 15.9 Å².